The highest BCUT2D eigenvalue weighted by molar-refractivity contribution is 9.10. The molecule has 0 fully saturated rings. The Morgan fingerprint density at radius 1 is 1.38 bits per heavy atom. The van der Waals surface area contributed by atoms with E-state index in [0.717, 1.165) is 22.4 Å². The Kier molecular flexibility index (Phi) is 5.81. The Hall–Kier alpha value is -0.570. The lowest BCUT2D eigenvalue weighted by molar-refractivity contribution is 0.593. The van der Waals surface area contributed by atoms with E-state index in [0.29, 0.717) is 6.04 Å². The topological polar surface area (TPSA) is 24.9 Å². The number of unbranched alkanes of at least 4 members (excludes halogenated alkanes) is 1. The molecule has 0 amide bonds. The summed E-state index contributed by atoms with van der Waals surface area (Å²) in [5, 5.41) is 3.58. The van der Waals surface area contributed by atoms with Crippen LogP contribution in [-0.4, -0.2) is 11.0 Å². The van der Waals surface area contributed by atoms with Crippen LogP contribution >= 0.6 is 15.9 Å². The van der Waals surface area contributed by atoms with Crippen LogP contribution < -0.4 is 5.32 Å². The molecular formula is C13H21BrN2. The molecule has 0 aromatic carbocycles. The molecule has 0 radical (unpaired) electrons. The molecule has 16 heavy (non-hydrogen) atoms. The molecule has 1 rings (SSSR count). The third-order valence-electron chi connectivity index (χ3n) is 2.81. The summed E-state index contributed by atoms with van der Waals surface area (Å²) in [5.41, 5.74) is 2.22. The maximum absolute atomic E-state index is 4.40. The van der Waals surface area contributed by atoms with Crippen LogP contribution in [-0.2, 0) is 0 Å². The fourth-order valence-electron chi connectivity index (χ4n) is 1.73. The molecule has 1 aromatic rings. The van der Waals surface area contributed by atoms with Crippen molar-refractivity contribution in [2.24, 2.45) is 0 Å². The molecule has 0 aliphatic rings. The van der Waals surface area contributed by atoms with Crippen molar-refractivity contribution in [2.75, 3.05) is 5.32 Å². The standard InChI is InChI=1S/C13H21BrN2/c1-4-6-7-11(5-2)16-12-8-9-13(14)15-10(12)3/h8-9,11,16H,4-7H2,1-3H3. The lowest BCUT2D eigenvalue weighted by Crippen LogP contribution is -2.19. The van der Waals surface area contributed by atoms with E-state index < -0.39 is 0 Å². The lowest BCUT2D eigenvalue weighted by atomic mass is 10.1. The number of anilines is 1. The van der Waals surface area contributed by atoms with Gasteiger partial charge in [0.2, 0.25) is 0 Å². The van der Waals surface area contributed by atoms with Crippen LogP contribution in [0, 0.1) is 6.92 Å². The number of aryl methyl sites for hydroxylation is 1. The summed E-state index contributed by atoms with van der Waals surface area (Å²) in [6.45, 7) is 6.51. The zero-order chi connectivity index (χ0) is 12.0. The average Bonchev–Trinajstić information content (AvgIpc) is 2.27. The first kappa shape index (κ1) is 13.5. The number of aromatic nitrogens is 1. The van der Waals surface area contributed by atoms with Crippen molar-refractivity contribution < 1.29 is 0 Å². The molecule has 3 heteroatoms. The number of nitrogens with zero attached hydrogens (tertiary/aromatic N) is 1. The van der Waals surface area contributed by atoms with Crippen molar-refractivity contribution in [1.29, 1.82) is 0 Å². The van der Waals surface area contributed by atoms with Crippen molar-refractivity contribution in [2.45, 2.75) is 52.5 Å². The molecule has 90 valence electrons. The van der Waals surface area contributed by atoms with Gasteiger partial charge < -0.3 is 5.32 Å². The summed E-state index contributed by atoms with van der Waals surface area (Å²) in [5.74, 6) is 0. The summed E-state index contributed by atoms with van der Waals surface area (Å²) >= 11 is 3.38. The number of pyridine rings is 1. The minimum atomic E-state index is 0.571. The minimum Gasteiger partial charge on any atom is -0.381 e. The van der Waals surface area contributed by atoms with Gasteiger partial charge in [-0.2, -0.15) is 0 Å². The molecule has 0 aliphatic carbocycles. The molecule has 2 nitrogen and oxygen atoms in total. The summed E-state index contributed by atoms with van der Waals surface area (Å²) in [6, 6.07) is 4.66. The van der Waals surface area contributed by atoms with Gasteiger partial charge in [0.1, 0.15) is 4.60 Å². The summed E-state index contributed by atoms with van der Waals surface area (Å²) in [4.78, 5) is 4.40. The highest BCUT2D eigenvalue weighted by atomic mass is 79.9. The molecule has 0 saturated heterocycles. The van der Waals surface area contributed by atoms with Crippen molar-refractivity contribution in [3.8, 4) is 0 Å². The largest absolute Gasteiger partial charge is 0.381 e. The predicted octanol–water partition coefficient (Wildman–Crippen LogP) is 4.53. The van der Waals surface area contributed by atoms with Gasteiger partial charge in [-0.25, -0.2) is 4.98 Å². The SMILES string of the molecule is CCCCC(CC)Nc1ccc(Br)nc1C. The Labute approximate surface area is 107 Å². The molecule has 1 N–H and O–H groups in total. The number of rotatable bonds is 6. The molecule has 1 heterocycles. The van der Waals surface area contributed by atoms with Crippen LogP contribution in [0.3, 0.4) is 0 Å². The van der Waals surface area contributed by atoms with E-state index in [1.54, 1.807) is 0 Å². The maximum atomic E-state index is 4.40. The van der Waals surface area contributed by atoms with Crippen molar-refractivity contribution in [3.63, 3.8) is 0 Å². The van der Waals surface area contributed by atoms with Crippen LogP contribution in [0.25, 0.3) is 0 Å². The Bertz CT molecular complexity index is 326. The Morgan fingerprint density at radius 3 is 2.69 bits per heavy atom. The maximum Gasteiger partial charge on any atom is 0.106 e. The number of hydrogen-bond donors (Lipinski definition) is 1. The van der Waals surface area contributed by atoms with E-state index in [-0.39, 0.29) is 0 Å². The van der Waals surface area contributed by atoms with E-state index in [2.05, 4.69) is 46.1 Å². The lowest BCUT2D eigenvalue weighted by Gasteiger charge is -2.19. The van der Waals surface area contributed by atoms with Crippen LogP contribution in [0.2, 0.25) is 0 Å². The van der Waals surface area contributed by atoms with Gasteiger partial charge in [0.15, 0.2) is 0 Å². The van der Waals surface area contributed by atoms with Gasteiger partial charge in [-0.05, 0) is 47.8 Å². The normalized spacial score (nSPS) is 12.5. The van der Waals surface area contributed by atoms with Gasteiger partial charge in [-0.15, -0.1) is 0 Å². The monoisotopic (exact) mass is 284 g/mol. The van der Waals surface area contributed by atoms with E-state index in [1.807, 2.05) is 13.0 Å². The average molecular weight is 285 g/mol. The summed E-state index contributed by atoms with van der Waals surface area (Å²) in [6.07, 6.45) is 4.95. The zero-order valence-electron chi connectivity index (χ0n) is 10.4. The Balaban J connectivity index is 2.62. The van der Waals surface area contributed by atoms with Gasteiger partial charge in [0.25, 0.3) is 0 Å². The molecule has 0 saturated carbocycles. The Morgan fingerprint density at radius 2 is 2.12 bits per heavy atom. The second-order valence-electron chi connectivity index (χ2n) is 4.16. The number of hydrogen-bond acceptors (Lipinski definition) is 2. The van der Waals surface area contributed by atoms with Crippen molar-refractivity contribution >= 4 is 21.6 Å². The molecule has 1 aromatic heterocycles. The molecular weight excluding hydrogens is 264 g/mol. The molecule has 1 unspecified atom stereocenters. The van der Waals surface area contributed by atoms with Crippen LogP contribution in [0.1, 0.15) is 45.2 Å². The van der Waals surface area contributed by atoms with E-state index in [9.17, 15) is 0 Å². The highest BCUT2D eigenvalue weighted by Crippen LogP contribution is 2.19. The van der Waals surface area contributed by atoms with Gasteiger partial charge in [0, 0.05) is 6.04 Å². The van der Waals surface area contributed by atoms with Crippen LogP contribution in [0.4, 0.5) is 5.69 Å². The van der Waals surface area contributed by atoms with Crippen LogP contribution in [0.5, 0.6) is 0 Å². The van der Waals surface area contributed by atoms with Gasteiger partial charge in [0.05, 0.1) is 11.4 Å². The van der Waals surface area contributed by atoms with Crippen molar-refractivity contribution in [1.82, 2.24) is 4.98 Å². The third kappa shape index (κ3) is 4.12. The highest BCUT2D eigenvalue weighted by Gasteiger charge is 2.07. The third-order valence-corrected chi connectivity index (χ3v) is 3.25. The first-order valence-electron chi connectivity index (χ1n) is 6.07. The molecule has 0 aliphatic heterocycles. The van der Waals surface area contributed by atoms with Crippen LogP contribution in [0.15, 0.2) is 16.7 Å². The summed E-state index contributed by atoms with van der Waals surface area (Å²) < 4.78 is 0.900. The fraction of sp³-hybridized carbons (Fsp3) is 0.615. The molecule has 1 atom stereocenters. The zero-order valence-corrected chi connectivity index (χ0v) is 12.0. The van der Waals surface area contributed by atoms with Gasteiger partial charge >= 0.3 is 0 Å². The number of nitrogens with one attached hydrogen (secondary N) is 1. The minimum absolute atomic E-state index is 0.571. The van der Waals surface area contributed by atoms with Crippen molar-refractivity contribution in [3.05, 3.63) is 22.4 Å². The first-order chi connectivity index (χ1) is 7.67. The second kappa shape index (κ2) is 6.89. The van der Waals surface area contributed by atoms with E-state index in [1.165, 1.54) is 19.3 Å². The smallest absolute Gasteiger partial charge is 0.106 e. The first-order valence-corrected chi connectivity index (χ1v) is 6.86. The summed E-state index contributed by atoms with van der Waals surface area (Å²) in [7, 11) is 0. The second-order valence-corrected chi connectivity index (χ2v) is 4.97. The molecule has 0 bridgehead atoms. The van der Waals surface area contributed by atoms with E-state index >= 15 is 0 Å². The number of halogens is 1. The van der Waals surface area contributed by atoms with E-state index in [4.69, 9.17) is 0 Å². The quantitative estimate of drug-likeness (QED) is 0.776. The fourth-order valence-corrected chi connectivity index (χ4v) is 2.13. The van der Waals surface area contributed by atoms with Gasteiger partial charge in [-0.1, -0.05) is 26.7 Å². The van der Waals surface area contributed by atoms with Gasteiger partial charge in [-0.3, -0.25) is 0 Å². The predicted molar refractivity (Wildman–Crippen MR) is 73.9 cm³/mol. The molecule has 0 spiro atoms.